The fourth-order valence-corrected chi connectivity index (χ4v) is 6.78. The Hall–Kier alpha value is -2.11. The zero-order valence-electron chi connectivity index (χ0n) is 17.2. The minimum absolute atomic E-state index is 0.0252. The lowest BCUT2D eigenvalue weighted by Gasteiger charge is -2.57. The van der Waals surface area contributed by atoms with Gasteiger partial charge in [-0.2, -0.15) is 0 Å². The van der Waals surface area contributed by atoms with Crippen LogP contribution in [0.4, 0.5) is 4.79 Å². The highest BCUT2D eigenvalue weighted by Crippen LogP contribution is 2.60. The number of rotatable bonds is 4. The monoisotopic (exact) mass is 396 g/mol. The summed E-state index contributed by atoms with van der Waals surface area (Å²) in [5.41, 5.74) is 0.917. The van der Waals surface area contributed by atoms with Crippen LogP contribution in [0.5, 0.6) is 0 Å². The number of nitrogens with one attached hydrogen (secondary N) is 1. The van der Waals surface area contributed by atoms with E-state index in [0.717, 1.165) is 49.1 Å². The number of aromatic nitrogens is 1. The largest absolute Gasteiger partial charge is 0.339 e. The van der Waals surface area contributed by atoms with E-state index < -0.39 is 0 Å². The molecule has 6 nitrogen and oxygen atoms in total. The fourth-order valence-electron chi connectivity index (χ4n) is 6.78. The molecule has 2 heterocycles. The lowest BCUT2D eigenvalue weighted by Crippen LogP contribution is -2.59. The Kier molecular flexibility index (Phi) is 4.96. The van der Waals surface area contributed by atoms with Gasteiger partial charge in [-0.15, -0.1) is 0 Å². The number of piperazine rings is 1. The Morgan fingerprint density at radius 2 is 1.59 bits per heavy atom. The molecule has 5 fully saturated rings. The van der Waals surface area contributed by atoms with Crippen LogP contribution in [0.15, 0.2) is 24.4 Å². The van der Waals surface area contributed by atoms with E-state index in [1.165, 1.54) is 19.3 Å². The maximum Gasteiger partial charge on any atom is 0.317 e. The molecule has 0 aromatic carbocycles. The Bertz CT molecular complexity index is 722. The molecule has 1 saturated heterocycles. The molecule has 1 N–H and O–H groups in total. The molecule has 6 heteroatoms. The van der Waals surface area contributed by atoms with Crippen LogP contribution in [0.2, 0.25) is 0 Å². The second-order valence-electron chi connectivity index (χ2n) is 9.78. The zero-order chi connectivity index (χ0) is 19.8. The second-order valence-corrected chi connectivity index (χ2v) is 9.78. The Balaban J connectivity index is 1.11. The number of carbonyl (C=O) groups is 2. The van der Waals surface area contributed by atoms with Crippen LogP contribution in [-0.2, 0) is 11.2 Å². The minimum atomic E-state index is -0.0676. The first kappa shape index (κ1) is 18.9. The van der Waals surface area contributed by atoms with Gasteiger partial charge >= 0.3 is 6.03 Å². The van der Waals surface area contributed by atoms with Gasteiger partial charge in [0.2, 0.25) is 5.91 Å². The first-order chi connectivity index (χ1) is 14.1. The highest BCUT2D eigenvalue weighted by Gasteiger charge is 2.55. The van der Waals surface area contributed by atoms with Crippen molar-refractivity contribution >= 4 is 11.9 Å². The molecule has 0 spiro atoms. The molecule has 29 heavy (non-hydrogen) atoms. The van der Waals surface area contributed by atoms with E-state index >= 15 is 0 Å². The number of hydrogen-bond acceptors (Lipinski definition) is 3. The Morgan fingerprint density at radius 3 is 2.17 bits per heavy atom. The summed E-state index contributed by atoms with van der Waals surface area (Å²) < 4.78 is 0. The standard InChI is InChI=1S/C23H32N4O2/c28-21(23-14-17-11-18(15-23)13-19(12-17)16-23)26-7-9-27(10-8-26)22(29)25-6-4-20-3-1-2-5-24-20/h1-3,5,17-19H,4,6-16H2,(H,25,29). The van der Waals surface area contributed by atoms with Crippen molar-refractivity contribution in [3.63, 3.8) is 0 Å². The summed E-state index contributed by atoms with van der Waals surface area (Å²) in [5.74, 6) is 2.76. The summed E-state index contributed by atoms with van der Waals surface area (Å²) in [6.45, 7) is 3.20. The van der Waals surface area contributed by atoms with Gasteiger partial charge in [-0.3, -0.25) is 9.78 Å². The topological polar surface area (TPSA) is 65.5 Å². The highest BCUT2D eigenvalue weighted by molar-refractivity contribution is 5.84. The van der Waals surface area contributed by atoms with E-state index in [4.69, 9.17) is 0 Å². The predicted molar refractivity (Wildman–Crippen MR) is 110 cm³/mol. The van der Waals surface area contributed by atoms with Gasteiger partial charge in [0, 0.05) is 51.0 Å². The molecule has 5 aliphatic rings. The van der Waals surface area contributed by atoms with Crippen molar-refractivity contribution in [1.29, 1.82) is 0 Å². The van der Waals surface area contributed by atoms with Gasteiger partial charge in [-0.05, 0) is 68.4 Å². The van der Waals surface area contributed by atoms with E-state index in [-0.39, 0.29) is 11.4 Å². The molecule has 156 valence electrons. The third kappa shape index (κ3) is 3.74. The van der Waals surface area contributed by atoms with Crippen molar-refractivity contribution in [2.24, 2.45) is 23.2 Å². The Morgan fingerprint density at radius 1 is 0.966 bits per heavy atom. The van der Waals surface area contributed by atoms with Crippen LogP contribution in [-0.4, -0.2) is 59.4 Å². The molecule has 0 atom stereocenters. The van der Waals surface area contributed by atoms with Crippen molar-refractivity contribution in [2.75, 3.05) is 32.7 Å². The quantitative estimate of drug-likeness (QED) is 0.851. The number of amides is 3. The molecule has 4 saturated carbocycles. The molecule has 4 bridgehead atoms. The SMILES string of the molecule is O=C(NCCc1ccccn1)N1CCN(C(=O)C23CC4CC(CC(C4)C2)C3)CC1. The number of urea groups is 1. The third-order valence-electron chi connectivity index (χ3n) is 7.73. The zero-order valence-corrected chi connectivity index (χ0v) is 17.2. The van der Waals surface area contributed by atoms with Gasteiger partial charge in [-0.1, -0.05) is 6.07 Å². The lowest BCUT2D eigenvalue weighted by atomic mass is 9.49. The predicted octanol–water partition coefficient (Wildman–Crippen LogP) is 2.69. The summed E-state index contributed by atoms with van der Waals surface area (Å²) in [5, 5.41) is 3.00. The average Bonchev–Trinajstić information content (AvgIpc) is 2.73. The normalized spacial score (nSPS) is 33.0. The summed E-state index contributed by atoms with van der Waals surface area (Å²) in [7, 11) is 0. The van der Waals surface area contributed by atoms with Gasteiger partial charge in [0.1, 0.15) is 0 Å². The van der Waals surface area contributed by atoms with E-state index in [9.17, 15) is 9.59 Å². The number of pyridine rings is 1. The number of hydrogen-bond donors (Lipinski definition) is 1. The summed E-state index contributed by atoms with van der Waals surface area (Å²) >= 11 is 0. The van der Waals surface area contributed by atoms with Crippen LogP contribution in [0, 0.1) is 23.2 Å². The number of nitrogens with zero attached hydrogens (tertiary/aromatic N) is 3. The fraction of sp³-hybridized carbons (Fsp3) is 0.696. The van der Waals surface area contributed by atoms with Crippen molar-refractivity contribution in [1.82, 2.24) is 20.1 Å². The van der Waals surface area contributed by atoms with E-state index in [2.05, 4.69) is 15.2 Å². The van der Waals surface area contributed by atoms with Gasteiger partial charge in [0.15, 0.2) is 0 Å². The van der Waals surface area contributed by atoms with Crippen molar-refractivity contribution < 1.29 is 9.59 Å². The highest BCUT2D eigenvalue weighted by atomic mass is 16.2. The van der Waals surface area contributed by atoms with Crippen LogP contribution in [0.1, 0.15) is 44.2 Å². The van der Waals surface area contributed by atoms with Gasteiger partial charge in [-0.25, -0.2) is 4.79 Å². The van der Waals surface area contributed by atoms with Crippen molar-refractivity contribution in [2.45, 2.75) is 44.9 Å². The summed E-state index contributed by atoms with van der Waals surface area (Å²) in [6.07, 6.45) is 9.94. The first-order valence-electron chi connectivity index (χ1n) is 11.3. The van der Waals surface area contributed by atoms with Gasteiger partial charge in [0.25, 0.3) is 0 Å². The van der Waals surface area contributed by atoms with Crippen LogP contribution in [0.25, 0.3) is 0 Å². The van der Waals surface area contributed by atoms with E-state index in [1.807, 2.05) is 23.1 Å². The molecular weight excluding hydrogens is 364 g/mol. The molecule has 6 rings (SSSR count). The maximum atomic E-state index is 13.5. The van der Waals surface area contributed by atoms with Crippen LogP contribution >= 0.6 is 0 Å². The molecule has 1 aromatic heterocycles. The molecule has 0 unspecified atom stereocenters. The molecule has 3 amide bonds. The van der Waals surface area contributed by atoms with Gasteiger partial charge in [0.05, 0.1) is 5.41 Å². The van der Waals surface area contributed by atoms with Gasteiger partial charge < -0.3 is 15.1 Å². The van der Waals surface area contributed by atoms with Crippen molar-refractivity contribution in [3.8, 4) is 0 Å². The third-order valence-corrected chi connectivity index (χ3v) is 7.73. The van der Waals surface area contributed by atoms with Crippen LogP contribution < -0.4 is 5.32 Å². The molecular formula is C23H32N4O2. The average molecular weight is 397 g/mol. The number of carbonyl (C=O) groups excluding carboxylic acids is 2. The first-order valence-corrected chi connectivity index (χ1v) is 11.3. The maximum absolute atomic E-state index is 13.5. The molecule has 4 aliphatic carbocycles. The van der Waals surface area contributed by atoms with Crippen LogP contribution in [0.3, 0.4) is 0 Å². The minimum Gasteiger partial charge on any atom is -0.339 e. The molecule has 1 aliphatic heterocycles. The molecule has 0 radical (unpaired) electrons. The smallest absolute Gasteiger partial charge is 0.317 e. The lowest BCUT2D eigenvalue weighted by molar-refractivity contribution is -0.159. The van der Waals surface area contributed by atoms with E-state index in [0.29, 0.717) is 38.6 Å². The van der Waals surface area contributed by atoms with Crippen molar-refractivity contribution in [3.05, 3.63) is 30.1 Å². The second kappa shape index (κ2) is 7.62. The summed E-state index contributed by atoms with van der Waals surface area (Å²) in [4.78, 5) is 34.1. The molecule has 1 aromatic rings. The summed E-state index contributed by atoms with van der Waals surface area (Å²) in [6, 6.07) is 5.81. The Labute approximate surface area is 173 Å². The van der Waals surface area contributed by atoms with E-state index in [1.54, 1.807) is 6.20 Å².